The molecule has 0 saturated carbocycles. The Hall–Kier alpha value is -0.590. The third kappa shape index (κ3) is 15.4. The van der Waals surface area contributed by atoms with Crippen LogP contribution in [0.15, 0.2) is 11.1 Å². The average molecular weight is 253 g/mol. The molecule has 18 heavy (non-hydrogen) atoms. The van der Waals surface area contributed by atoms with Crippen LogP contribution >= 0.6 is 0 Å². The zero-order valence-electron chi connectivity index (χ0n) is 12.2. The maximum atomic E-state index is 8.51. The van der Waals surface area contributed by atoms with E-state index in [0.717, 1.165) is 6.42 Å². The van der Waals surface area contributed by atoms with Gasteiger partial charge in [-0.3, -0.25) is 0 Å². The van der Waals surface area contributed by atoms with Crippen LogP contribution < -0.4 is 0 Å². The molecule has 1 N–H and O–H groups in total. The highest BCUT2D eigenvalue weighted by Gasteiger charge is 1.91. The molecule has 0 aromatic rings. The van der Waals surface area contributed by atoms with Crippen molar-refractivity contribution in [2.45, 2.75) is 77.6 Å². The summed E-state index contributed by atoms with van der Waals surface area (Å²) in [7, 11) is 0. The maximum absolute atomic E-state index is 8.51. The Morgan fingerprint density at radius 3 is 2.00 bits per heavy atom. The summed E-state index contributed by atoms with van der Waals surface area (Å²) in [4.78, 5) is 3.92. The minimum Gasteiger partial charge on any atom is -0.394 e. The summed E-state index contributed by atoms with van der Waals surface area (Å²) in [5.74, 6) is 2.86. The molecule has 0 heterocycles. The Labute approximate surface area is 113 Å². The molecular weight excluding hydrogens is 222 g/mol. The molecule has 2 heteroatoms. The van der Waals surface area contributed by atoms with Crippen molar-refractivity contribution in [1.82, 2.24) is 0 Å². The second-order valence-corrected chi connectivity index (χ2v) is 4.91. The summed E-state index contributed by atoms with van der Waals surface area (Å²) in [6, 6.07) is 0. The molecule has 0 saturated heterocycles. The van der Waals surface area contributed by atoms with E-state index in [9.17, 15) is 0 Å². The summed E-state index contributed by atoms with van der Waals surface area (Å²) in [5.41, 5.74) is 0. The molecule has 0 fully saturated rings. The van der Waals surface area contributed by atoms with E-state index in [-0.39, 0.29) is 6.61 Å². The summed E-state index contributed by atoms with van der Waals surface area (Å²) < 4.78 is 0. The van der Waals surface area contributed by atoms with E-state index < -0.39 is 0 Å². The topological polar surface area (TPSA) is 32.6 Å². The van der Waals surface area contributed by atoms with E-state index in [4.69, 9.17) is 5.11 Å². The number of allylic oxidation sites excluding steroid dienone is 1. The molecule has 106 valence electrons. The standard InChI is InChI=1S/C16H31NO/c1-2-3-4-5-6-7-8-9-10-11-12-13-14-17-15-16-18/h13,18H,2-12,15-16H2,1H3. The Bertz CT molecular complexity index is 207. The lowest BCUT2D eigenvalue weighted by Gasteiger charge is -2.00. The molecule has 0 aliphatic rings. The number of aliphatic hydroxyl groups excluding tert-OH is 1. The van der Waals surface area contributed by atoms with Gasteiger partial charge in [0.05, 0.1) is 13.2 Å². The smallest absolute Gasteiger partial charge is 0.0715 e. The van der Waals surface area contributed by atoms with Crippen LogP contribution in [0.4, 0.5) is 0 Å². The number of aliphatic imine (C=N–C) groups is 1. The quantitative estimate of drug-likeness (QED) is 0.380. The molecule has 0 spiro atoms. The van der Waals surface area contributed by atoms with Crippen molar-refractivity contribution in [2.24, 2.45) is 4.99 Å². The van der Waals surface area contributed by atoms with Crippen LogP contribution in [-0.4, -0.2) is 24.1 Å². The van der Waals surface area contributed by atoms with Crippen molar-refractivity contribution in [3.05, 3.63) is 6.08 Å². The Balaban J connectivity index is 3.05. The van der Waals surface area contributed by atoms with Gasteiger partial charge in [0, 0.05) is 0 Å². The Kier molecular flexibility index (Phi) is 15.9. The van der Waals surface area contributed by atoms with Gasteiger partial charge >= 0.3 is 0 Å². The molecule has 0 aromatic heterocycles. The second-order valence-electron chi connectivity index (χ2n) is 4.91. The van der Waals surface area contributed by atoms with Crippen molar-refractivity contribution in [2.75, 3.05) is 13.2 Å². The van der Waals surface area contributed by atoms with E-state index in [2.05, 4.69) is 17.8 Å². The summed E-state index contributed by atoms with van der Waals surface area (Å²) in [6.45, 7) is 2.87. The molecule has 0 rings (SSSR count). The number of hydrogen-bond donors (Lipinski definition) is 1. The Morgan fingerprint density at radius 2 is 1.44 bits per heavy atom. The second kappa shape index (κ2) is 16.4. The fraction of sp³-hybridized carbons (Fsp3) is 0.875. The normalized spacial score (nSPS) is 10.1. The van der Waals surface area contributed by atoms with Crippen molar-refractivity contribution in [1.29, 1.82) is 0 Å². The van der Waals surface area contributed by atoms with E-state index >= 15 is 0 Å². The van der Waals surface area contributed by atoms with E-state index in [1.165, 1.54) is 64.2 Å². The first kappa shape index (κ1) is 17.4. The van der Waals surface area contributed by atoms with Gasteiger partial charge in [0.25, 0.3) is 0 Å². The molecule has 0 aliphatic carbocycles. The first-order chi connectivity index (χ1) is 8.91. The predicted molar refractivity (Wildman–Crippen MR) is 80.4 cm³/mol. The van der Waals surface area contributed by atoms with Crippen LogP contribution in [0.1, 0.15) is 77.6 Å². The lowest BCUT2D eigenvalue weighted by Crippen LogP contribution is -1.84. The highest BCUT2D eigenvalue weighted by atomic mass is 16.3. The molecule has 2 nitrogen and oxygen atoms in total. The number of unbranched alkanes of at least 4 members (excludes halogenated alkanes) is 10. The summed E-state index contributed by atoms with van der Waals surface area (Å²) >= 11 is 0. The fourth-order valence-electron chi connectivity index (χ4n) is 1.98. The molecular formula is C16H31NO. The van der Waals surface area contributed by atoms with E-state index in [0.29, 0.717) is 6.54 Å². The Morgan fingerprint density at radius 1 is 0.889 bits per heavy atom. The van der Waals surface area contributed by atoms with Gasteiger partial charge < -0.3 is 5.11 Å². The number of hydrogen-bond acceptors (Lipinski definition) is 2. The molecule has 0 amide bonds. The van der Waals surface area contributed by atoms with Gasteiger partial charge in [-0.05, 0) is 24.8 Å². The number of nitrogens with zero attached hydrogens (tertiary/aromatic N) is 1. The van der Waals surface area contributed by atoms with Crippen LogP contribution in [0, 0.1) is 0 Å². The van der Waals surface area contributed by atoms with Crippen molar-refractivity contribution >= 4 is 5.87 Å². The van der Waals surface area contributed by atoms with Gasteiger partial charge in [0.1, 0.15) is 0 Å². The van der Waals surface area contributed by atoms with Crippen LogP contribution in [0.3, 0.4) is 0 Å². The molecule has 0 bridgehead atoms. The zero-order valence-corrected chi connectivity index (χ0v) is 12.2. The third-order valence-corrected chi connectivity index (χ3v) is 3.10. The summed E-state index contributed by atoms with van der Waals surface area (Å²) in [6.07, 6.45) is 16.8. The highest BCUT2D eigenvalue weighted by molar-refractivity contribution is 5.51. The van der Waals surface area contributed by atoms with Gasteiger partial charge in [0.2, 0.25) is 0 Å². The fourth-order valence-corrected chi connectivity index (χ4v) is 1.98. The largest absolute Gasteiger partial charge is 0.394 e. The SMILES string of the molecule is CCCCCCCCCCCCC=C=NCCO. The van der Waals surface area contributed by atoms with Crippen molar-refractivity contribution in [3.63, 3.8) is 0 Å². The van der Waals surface area contributed by atoms with Gasteiger partial charge in [-0.1, -0.05) is 64.7 Å². The lowest BCUT2D eigenvalue weighted by molar-refractivity contribution is 0.307. The molecule has 0 aromatic carbocycles. The molecule has 0 radical (unpaired) electrons. The minimum atomic E-state index is 0.124. The van der Waals surface area contributed by atoms with Crippen molar-refractivity contribution < 1.29 is 5.11 Å². The number of aliphatic hydroxyl groups is 1. The van der Waals surface area contributed by atoms with Crippen LogP contribution in [0.2, 0.25) is 0 Å². The monoisotopic (exact) mass is 253 g/mol. The van der Waals surface area contributed by atoms with Crippen LogP contribution in [0.25, 0.3) is 0 Å². The van der Waals surface area contributed by atoms with E-state index in [1.807, 2.05) is 6.08 Å². The number of rotatable bonds is 13. The average Bonchev–Trinajstić information content (AvgIpc) is 2.39. The van der Waals surface area contributed by atoms with Crippen LogP contribution in [-0.2, 0) is 0 Å². The molecule has 0 aliphatic heterocycles. The zero-order chi connectivity index (χ0) is 13.3. The highest BCUT2D eigenvalue weighted by Crippen LogP contribution is 2.11. The van der Waals surface area contributed by atoms with Crippen LogP contribution in [0.5, 0.6) is 0 Å². The van der Waals surface area contributed by atoms with Gasteiger partial charge in [-0.25, -0.2) is 4.99 Å². The predicted octanol–water partition coefficient (Wildman–Crippen LogP) is 4.52. The first-order valence-electron chi connectivity index (χ1n) is 7.76. The first-order valence-corrected chi connectivity index (χ1v) is 7.76. The van der Waals surface area contributed by atoms with Gasteiger partial charge in [-0.2, -0.15) is 0 Å². The third-order valence-electron chi connectivity index (χ3n) is 3.10. The van der Waals surface area contributed by atoms with Gasteiger partial charge in [-0.15, -0.1) is 0 Å². The lowest BCUT2D eigenvalue weighted by atomic mass is 10.1. The van der Waals surface area contributed by atoms with Crippen molar-refractivity contribution in [3.8, 4) is 0 Å². The maximum Gasteiger partial charge on any atom is 0.0715 e. The summed E-state index contributed by atoms with van der Waals surface area (Å²) in [5, 5.41) is 8.51. The van der Waals surface area contributed by atoms with Gasteiger partial charge in [0.15, 0.2) is 0 Å². The minimum absolute atomic E-state index is 0.124. The van der Waals surface area contributed by atoms with E-state index in [1.54, 1.807) is 0 Å². The molecule has 0 unspecified atom stereocenters. The molecule has 0 atom stereocenters.